The van der Waals surface area contributed by atoms with Gasteiger partial charge >= 0.3 is 0 Å². The van der Waals surface area contributed by atoms with Crippen LogP contribution in [0.15, 0.2) is 24.3 Å². The monoisotopic (exact) mass is 466 g/mol. The van der Waals surface area contributed by atoms with Crippen LogP contribution in [-0.4, -0.2) is 35.8 Å². The van der Waals surface area contributed by atoms with Gasteiger partial charge in [0.1, 0.15) is 6.04 Å². The highest BCUT2D eigenvalue weighted by molar-refractivity contribution is 14.1. The lowest BCUT2D eigenvalue weighted by molar-refractivity contribution is -0.127. The lowest BCUT2D eigenvalue weighted by atomic mass is 9.94. The second-order valence-electron chi connectivity index (χ2n) is 6.75. The molecule has 0 saturated heterocycles. The van der Waals surface area contributed by atoms with Crippen molar-refractivity contribution in [3.8, 4) is 12.3 Å². The zero-order chi connectivity index (χ0) is 18.9. The quantitative estimate of drug-likeness (QED) is 0.360. The average molecular weight is 466 g/mol. The van der Waals surface area contributed by atoms with Crippen LogP contribution in [0.1, 0.15) is 55.8 Å². The smallest absolute Gasteiger partial charge is 0.256 e. The van der Waals surface area contributed by atoms with E-state index in [2.05, 4.69) is 40.8 Å². The Kier molecular flexibility index (Phi) is 8.43. The van der Waals surface area contributed by atoms with Gasteiger partial charge in [-0.2, -0.15) is 0 Å². The normalized spacial score (nSPS) is 15.3. The largest absolute Gasteiger partial charge is 0.354 e. The van der Waals surface area contributed by atoms with Crippen molar-refractivity contribution in [1.82, 2.24) is 10.2 Å². The van der Waals surface area contributed by atoms with Gasteiger partial charge < -0.3 is 10.2 Å². The SMILES string of the molecule is C#CCN(C(=O)c1ccccc1I)C(C(=O)NCCCC)C1CCCC1. The molecule has 1 aliphatic carbocycles. The molecule has 1 atom stereocenters. The second kappa shape index (κ2) is 10.6. The molecule has 1 aromatic rings. The summed E-state index contributed by atoms with van der Waals surface area (Å²) < 4.78 is 0.869. The number of carbonyl (C=O) groups is 2. The van der Waals surface area contributed by atoms with Gasteiger partial charge in [-0.05, 0) is 59.9 Å². The summed E-state index contributed by atoms with van der Waals surface area (Å²) in [5, 5.41) is 3.02. The van der Waals surface area contributed by atoms with Gasteiger partial charge in [0.2, 0.25) is 5.91 Å². The summed E-state index contributed by atoms with van der Waals surface area (Å²) in [6, 6.07) is 6.95. The number of hydrogen-bond acceptors (Lipinski definition) is 2. The van der Waals surface area contributed by atoms with E-state index in [1.54, 1.807) is 11.0 Å². The van der Waals surface area contributed by atoms with Crippen LogP contribution in [0.5, 0.6) is 0 Å². The molecule has 1 aliphatic rings. The van der Waals surface area contributed by atoms with Gasteiger partial charge in [0.15, 0.2) is 0 Å². The van der Waals surface area contributed by atoms with E-state index in [0.29, 0.717) is 12.1 Å². The molecule has 0 radical (unpaired) electrons. The van der Waals surface area contributed by atoms with Crippen molar-refractivity contribution in [2.24, 2.45) is 5.92 Å². The molecule has 0 heterocycles. The number of benzene rings is 1. The number of halogens is 1. The predicted octanol–water partition coefficient (Wildman–Crippen LogP) is 3.84. The van der Waals surface area contributed by atoms with E-state index in [1.165, 1.54) is 0 Å². The highest BCUT2D eigenvalue weighted by atomic mass is 127. The van der Waals surface area contributed by atoms with Crippen LogP contribution >= 0.6 is 22.6 Å². The summed E-state index contributed by atoms with van der Waals surface area (Å²) >= 11 is 2.15. The fourth-order valence-corrected chi connectivity index (χ4v) is 4.18. The average Bonchev–Trinajstić information content (AvgIpc) is 3.15. The van der Waals surface area contributed by atoms with E-state index in [4.69, 9.17) is 6.42 Å². The third-order valence-corrected chi connectivity index (χ3v) is 5.85. The molecule has 140 valence electrons. The van der Waals surface area contributed by atoms with E-state index in [9.17, 15) is 9.59 Å². The van der Waals surface area contributed by atoms with E-state index >= 15 is 0 Å². The fraction of sp³-hybridized carbons (Fsp3) is 0.524. The standard InChI is InChI=1S/C21H27IN2O2/c1-3-5-14-23-20(25)19(16-10-6-7-11-16)24(15-4-2)21(26)17-12-8-9-13-18(17)22/h2,8-9,12-13,16,19H,3,5-7,10-11,14-15H2,1H3,(H,23,25). The molecule has 1 N–H and O–H groups in total. The molecule has 2 amide bonds. The molecule has 4 nitrogen and oxygen atoms in total. The summed E-state index contributed by atoms with van der Waals surface area (Å²) in [6.45, 7) is 2.87. The first-order valence-electron chi connectivity index (χ1n) is 9.36. The van der Waals surface area contributed by atoms with Gasteiger partial charge in [-0.1, -0.05) is 44.2 Å². The molecule has 5 heteroatoms. The molecule has 0 bridgehead atoms. The van der Waals surface area contributed by atoms with Gasteiger partial charge in [-0.25, -0.2) is 0 Å². The van der Waals surface area contributed by atoms with Crippen molar-refractivity contribution in [1.29, 1.82) is 0 Å². The first-order chi connectivity index (χ1) is 12.6. The zero-order valence-electron chi connectivity index (χ0n) is 15.3. The Balaban J connectivity index is 2.30. The molecule has 0 aliphatic heterocycles. The summed E-state index contributed by atoms with van der Waals surface area (Å²) in [6.07, 6.45) is 11.6. The molecule has 1 fully saturated rings. The molecule has 0 spiro atoms. The van der Waals surface area contributed by atoms with Crippen LogP contribution in [-0.2, 0) is 4.79 Å². The van der Waals surface area contributed by atoms with Crippen molar-refractivity contribution < 1.29 is 9.59 Å². The number of hydrogen-bond donors (Lipinski definition) is 1. The molecule has 1 aromatic carbocycles. The Morgan fingerprint density at radius 3 is 2.65 bits per heavy atom. The minimum Gasteiger partial charge on any atom is -0.354 e. The van der Waals surface area contributed by atoms with Gasteiger partial charge in [-0.15, -0.1) is 6.42 Å². The number of rotatable bonds is 8. The molecule has 0 aromatic heterocycles. The Labute approximate surface area is 170 Å². The van der Waals surface area contributed by atoms with Crippen LogP contribution in [0.3, 0.4) is 0 Å². The van der Waals surface area contributed by atoms with E-state index in [0.717, 1.165) is 42.1 Å². The first kappa shape index (κ1) is 20.8. The minimum atomic E-state index is -0.492. The van der Waals surface area contributed by atoms with Crippen LogP contribution < -0.4 is 5.32 Å². The van der Waals surface area contributed by atoms with Crippen molar-refractivity contribution in [3.05, 3.63) is 33.4 Å². The number of carbonyl (C=O) groups excluding carboxylic acids is 2. The van der Waals surface area contributed by atoms with Gasteiger partial charge in [0.05, 0.1) is 12.1 Å². The van der Waals surface area contributed by atoms with Gasteiger partial charge in [0, 0.05) is 10.1 Å². The third kappa shape index (κ3) is 5.23. The van der Waals surface area contributed by atoms with Crippen molar-refractivity contribution in [3.63, 3.8) is 0 Å². The van der Waals surface area contributed by atoms with E-state index in [1.807, 2.05) is 18.2 Å². The number of terminal acetylenes is 1. The van der Waals surface area contributed by atoms with Crippen LogP contribution in [0.4, 0.5) is 0 Å². The van der Waals surface area contributed by atoms with Crippen molar-refractivity contribution >= 4 is 34.4 Å². The Hall–Kier alpha value is -1.55. The van der Waals surface area contributed by atoms with Gasteiger partial charge in [-0.3, -0.25) is 9.59 Å². The van der Waals surface area contributed by atoms with Crippen molar-refractivity contribution in [2.75, 3.05) is 13.1 Å². The second-order valence-corrected chi connectivity index (χ2v) is 7.91. The third-order valence-electron chi connectivity index (χ3n) is 4.91. The van der Waals surface area contributed by atoms with Crippen LogP contribution in [0.25, 0.3) is 0 Å². The maximum atomic E-state index is 13.2. The highest BCUT2D eigenvalue weighted by Crippen LogP contribution is 2.31. The zero-order valence-corrected chi connectivity index (χ0v) is 17.5. The predicted molar refractivity (Wildman–Crippen MR) is 113 cm³/mol. The van der Waals surface area contributed by atoms with Gasteiger partial charge in [0.25, 0.3) is 5.91 Å². The van der Waals surface area contributed by atoms with Crippen molar-refractivity contribution in [2.45, 2.75) is 51.5 Å². The topological polar surface area (TPSA) is 49.4 Å². The number of unbranched alkanes of at least 4 members (excludes halogenated alkanes) is 1. The number of nitrogens with zero attached hydrogens (tertiary/aromatic N) is 1. The lowest BCUT2D eigenvalue weighted by Gasteiger charge is -2.33. The molecule has 26 heavy (non-hydrogen) atoms. The summed E-state index contributed by atoms with van der Waals surface area (Å²) in [5.41, 5.74) is 0.604. The molecule has 1 saturated carbocycles. The fourth-order valence-electron chi connectivity index (χ4n) is 3.56. The van der Waals surface area contributed by atoms with E-state index < -0.39 is 6.04 Å². The Morgan fingerprint density at radius 2 is 2.04 bits per heavy atom. The first-order valence-corrected chi connectivity index (χ1v) is 10.4. The van der Waals surface area contributed by atoms with E-state index in [-0.39, 0.29) is 24.3 Å². The lowest BCUT2D eigenvalue weighted by Crippen LogP contribution is -2.53. The highest BCUT2D eigenvalue weighted by Gasteiger charge is 2.38. The molecular weight excluding hydrogens is 439 g/mol. The minimum absolute atomic E-state index is 0.0695. The Morgan fingerprint density at radius 1 is 1.35 bits per heavy atom. The summed E-state index contributed by atoms with van der Waals surface area (Å²) in [7, 11) is 0. The molecule has 2 rings (SSSR count). The molecule has 1 unspecified atom stereocenters. The maximum Gasteiger partial charge on any atom is 0.256 e. The maximum absolute atomic E-state index is 13.2. The van der Waals surface area contributed by atoms with Crippen LogP contribution in [0.2, 0.25) is 0 Å². The number of amides is 2. The number of nitrogens with one attached hydrogen (secondary N) is 1. The van der Waals surface area contributed by atoms with Crippen LogP contribution in [0, 0.1) is 21.8 Å². The Bertz CT molecular complexity index is 662. The molecular formula is C21H27IN2O2. The summed E-state index contributed by atoms with van der Waals surface area (Å²) in [4.78, 5) is 27.8. The summed E-state index contributed by atoms with van der Waals surface area (Å²) in [5.74, 6) is 2.54.